The van der Waals surface area contributed by atoms with Crippen LogP contribution in [0, 0.1) is 5.82 Å². The fourth-order valence-electron chi connectivity index (χ4n) is 2.54. The van der Waals surface area contributed by atoms with E-state index in [4.69, 9.17) is 9.15 Å². The maximum absolute atomic E-state index is 13.9. The van der Waals surface area contributed by atoms with Gasteiger partial charge in [-0.2, -0.15) is 0 Å². The van der Waals surface area contributed by atoms with E-state index in [1.54, 1.807) is 30.5 Å². The highest BCUT2D eigenvalue weighted by molar-refractivity contribution is 5.90. The molecule has 2 amide bonds. The molecule has 6 nitrogen and oxygen atoms in total. The number of morpholine rings is 1. The molecule has 1 aromatic heterocycles. The van der Waals surface area contributed by atoms with Gasteiger partial charge in [0, 0.05) is 31.7 Å². The average Bonchev–Trinajstić information content (AvgIpc) is 3.12. The number of rotatable bonds is 5. The van der Waals surface area contributed by atoms with Crippen molar-refractivity contribution in [3.05, 3.63) is 42.4 Å². The van der Waals surface area contributed by atoms with Crippen molar-refractivity contribution in [3.63, 3.8) is 0 Å². The molecule has 1 aliphatic rings. The maximum Gasteiger partial charge on any atom is 0.319 e. The molecule has 1 aliphatic heterocycles. The van der Waals surface area contributed by atoms with Gasteiger partial charge in [0.2, 0.25) is 0 Å². The van der Waals surface area contributed by atoms with Gasteiger partial charge in [-0.3, -0.25) is 4.90 Å². The number of carbonyl (C=O) groups is 1. The SMILES string of the molecule is O=C(NCCN1CCOCC1)Nc1cc(-c2ccco2)ccc1F. The molecule has 3 rings (SSSR count). The van der Waals surface area contributed by atoms with Crippen LogP contribution in [0.25, 0.3) is 11.3 Å². The Kier molecular flexibility index (Phi) is 5.45. The molecule has 2 aromatic rings. The summed E-state index contributed by atoms with van der Waals surface area (Å²) in [6.07, 6.45) is 1.55. The Morgan fingerprint density at radius 1 is 1.25 bits per heavy atom. The second kappa shape index (κ2) is 7.94. The van der Waals surface area contributed by atoms with Gasteiger partial charge in [-0.05, 0) is 30.3 Å². The minimum atomic E-state index is -0.492. The van der Waals surface area contributed by atoms with Crippen LogP contribution >= 0.6 is 0 Å². The van der Waals surface area contributed by atoms with Crippen molar-refractivity contribution in [2.24, 2.45) is 0 Å². The molecule has 24 heavy (non-hydrogen) atoms. The number of furan rings is 1. The predicted octanol–water partition coefficient (Wildman–Crippen LogP) is 2.54. The molecule has 2 heterocycles. The van der Waals surface area contributed by atoms with Crippen molar-refractivity contribution >= 4 is 11.7 Å². The van der Waals surface area contributed by atoms with Crippen molar-refractivity contribution in [1.82, 2.24) is 10.2 Å². The monoisotopic (exact) mass is 333 g/mol. The van der Waals surface area contributed by atoms with Crippen LogP contribution in [0.5, 0.6) is 0 Å². The smallest absolute Gasteiger partial charge is 0.319 e. The van der Waals surface area contributed by atoms with E-state index < -0.39 is 11.8 Å². The molecule has 0 unspecified atom stereocenters. The third-order valence-corrected chi connectivity index (χ3v) is 3.84. The van der Waals surface area contributed by atoms with Crippen molar-refractivity contribution < 1.29 is 18.3 Å². The highest BCUT2D eigenvalue weighted by Crippen LogP contribution is 2.25. The van der Waals surface area contributed by atoms with Crippen molar-refractivity contribution in [3.8, 4) is 11.3 Å². The highest BCUT2D eigenvalue weighted by atomic mass is 19.1. The van der Waals surface area contributed by atoms with Gasteiger partial charge in [0.05, 0.1) is 25.2 Å². The third-order valence-electron chi connectivity index (χ3n) is 3.84. The number of carbonyl (C=O) groups excluding carboxylic acids is 1. The van der Waals surface area contributed by atoms with Crippen LogP contribution in [0.4, 0.5) is 14.9 Å². The number of anilines is 1. The molecule has 0 atom stereocenters. The van der Waals surface area contributed by atoms with E-state index in [1.165, 1.54) is 6.07 Å². The molecule has 0 radical (unpaired) electrons. The molecule has 0 spiro atoms. The van der Waals surface area contributed by atoms with E-state index in [-0.39, 0.29) is 5.69 Å². The number of ether oxygens (including phenoxy) is 1. The Morgan fingerprint density at radius 3 is 2.83 bits per heavy atom. The van der Waals surface area contributed by atoms with E-state index in [1.807, 2.05) is 0 Å². The first-order chi connectivity index (χ1) is 11.7. The minimum Gasteiger partial charge on any atom is -0.464 e. The molecule has 2 N–H and O–H groups in total. The highest BCUT2D eigenvalue weighted by Gasteiger charge is 2.12. The van der Waals surface area contributed by atoms with Crippen LogP contribution in [-0.2, 0) is 4.74 Å². The molecule has 0 saturated carbocycles. The van der Waals surface area contributed by atoms with Crippen LogP contribution < -0.4 is 10.6 Å². The molecular formula is C17H20FN3O3. The van der Waals surface area contributed by atoms with Gasteiger partial charge >= 0.3 is 6.03 Å². The van der Waals surface area contributed by atoms with Crippen LogP contribution in [0.15, 0.2) is 41.0 Å². The summed E-state index contributed by atoms with van der Waals surface area (Å²) in [5.74, 6) is 0.124. The number of urea groups is 1. The number of halogens is 1. The van der Waals surface area contributed by atoms with Crippen molar-refractivity contribution in [2.45, 2.75) is 0 Å². The van der Waals surface area contributed by atoms with Gasteiger partial charge in [0.15, 0.2) is 0 Å². The Balaban J connectivity index is 1.53. The first kappa shape index (κ1) is 16.5. The Bertz CT molecular complexity index is 670. The van der Waals surface area contributed by atoms with Crippen LogP contribution in [0.3, 0.4) is 0 Å². The summed E-state index contributed by atoms with van der Waals surface area (Å²) < 4.78 is 24.4. The molecule has 7 heteroatoms. The summed E-state index contributed by atoms with van der Waals surface area (Å²) in [5, 5.41) is 5.28. The second-order valence-corrected chi connectivity index (χ2v) is 5.51. The number of hydrogen-bond acceptors (Lipinski definition) is 4. The second-order valence-electron chi connectivity index (χ2n) is 5.51. The zero-order valence-electron chi connectivity index (χ0n) is 13.3. The molecular weight excluding hydrogens is 313 g/mol. The number of nitrogens with zero attached hydrogens (tertiary/aromatic N) is 1. The fraction of sp³-hybridized carbons (Fsp3) is 0.353. The molecule has 1 saturated heterocycles. The first-order valence-corrected chi connectivity index (χ1v) is 7.91. The Hall–Kier alpha value is -2.38. The number of benzene rings is 1. The molecule has 1 fully saturated rings. The van der Waals surface area contributed by atoms with Crippen LogP contribution in [0.2, 0.25) is 0 Å². The minimum absolute atomic E-state index is 0.118. The Labute approximate surface area is 139 Å². The number of amides is 2. The lowest BCUT2D eigenvalue weighted by Crippen LogP contribution is -2.42. The summed E-state index contributed by atoms with van der Waals surface area (Å²) in [6.45, 7) is 4.40. The molecule has 128 valence electrons. The van der Waals surface area contributed by atoms with Gasteiger partial charge in [-0.1, -0.05) is 0 Å². The van der Waals surface area contributed by atoms with Crippen LogP contribution in [0.1, 0.15) is 0 Å². The van der Waals surface area contributed by atoms with Gasteiger partial charge in [0.1, 0.15) is 11.6 Å². The van der Waals surface area contributed by atoms with E-state index in [2.05, 4.69) is 15.5 Å². The largest absolute Gasteiger partial charge is 0.464 e. The first-order valence-electron chi connectivity index (χ1n) is 7.91. The van der Waals surface area contributed by atoms with Crippen molar-refractivity contribution in [2.75, 3.05) is 44.7 Å². The van der Waals surface area contributed by atoms with Gasteiger partial charge in [0.25, 0.3) is 0 Å². The quantitative estimate of drug-likeness (QED) is 0.882. The van der Waals surface area contributed by atoms with Gasteiger partial charge in [-0.15, -0.1) is 0 Å². The summed E-state index contributed by atoms with van der Waals surface area (Å²) in [7, 11) is 0. The molecule has 0 bridgehead atoms. The third kappa shape index (κ3) is 4.33. The summed E-state index contributed by atoms with van der Waals surface area (Å²) >= 11 is 0. The standard InChI is InChI=1S/C17H20FN3O3/c18-14-4-3-13(16-2-1-9-24-16)12-15(14)20-17(22)19-5-6-21-7-10-23-11-8-21/h1-4,9,12H,5-8,10-11H2,(H2,19,20,22). The topological polar surface area (TPSA) is 66.7 Å². The number of hydrogen-bond donors (Lipinski definition) is 2. The lowest BCUT2D eigenvalue weighted by Gasteiger charge is -2.26. The van der Waals surface area contributed by atoms with E-state index in [0.717, 1.165) is 32.8 Å². The average molecular weight is 333 g/mol. The fourth-order valence-corrected chi connectivity index (χ4v) is 2.54. The zero-order valence-corrected chi connectivity index (χ0v) is 13.3. The van der Waals surface area contributed by atoms with E-state index >= 15 is 0 Å². The van der Waals surface area contributed by atoms with Crippen LogP contribution in [-0.4, -0.2) is 50.3 Å². The zero-order chi connectivity index (χ0) is 16.8. The van der Waals surface area contributed by atoms with Crippen molar-refractivity contribution in [1.29, 1.82) is 0 Å². The Morgan fingerprint density at radius 2 is 2.08 bits per heavy atom. The van der Waals surface area contributed by atoms with Gasteiger partial charge < -0.3 is 19.8 Å². The normalized spacial score (nSPS) is 15.2. The lowest BCUT2D eigenvalue weighted by molar-refractivity contribution is 0.0388. The van der Waals surface area contributed by atoms with E-state index in [9.17, 15) is 9.18 Å². The summed E-state index contributed by atoms with van der Waals surface area (Å²) in [6, 6.07) is 7.56. The molecule has 0 aliphatic carbocycles. The molecule has 1 aromatic carbocycles. The lowest BCUT2D eigenvalue weighted by atomic mass is 10.1. The number of nitrogens with one attached hydrogen (secondary N) is 2. The maximum atomic E-state index is 13.9. The summed E-state index contributed by atoms with van der Waals surface area (Å²) in [5.41, 5.74) is 0.817. The predicted molar refractivity (Wildman–Crippen MR) is 88.4 cm³/mol. The van der Waals surface area contributed by atoms with E-state index in [0.29, 0.717) is 17.9 Å². The van der Waals surface area contributed by atoms with Gasteiger partial charge in [-0.25, -0.2) is 9.18 Å². The summed E-state index contributed by atoms with van der Waals surface area (Å²) in [4.78, 5) is 14.2.